The molecule has 0 bridgehead atoms. The van der Waals surface area contributed by atoms with Gasteiger partial charge in [-0.3, -0.25) is 9.69 Å². The first-order chi connectivity index (χ1) is 14.4. The lowest BCUT2D eigenvalue weighted by Crippen LogP contribution is -2.32. The topological polar surface area (TPSA) is 48.3 Å². The van der Waals surface area contributed by atoms with Crippen molar-refractivity contribution >= 4 is 57.9 Å². The van der Waals surface area contributed by atoms with E-state index in [1.807, 2.05) is 49.3 Å². The lowest BCUT2D eigenvalue weighted by Gasteiger charge is -2.13. The molecule has 156 valence electrons. The largest absolute Gasteiger partial charge is 0.378 e. The number of amides is 1. The van der Waals surface area contributed by atoms with Crippen molar-refractivity contribution in [3.05, 3.63) is 76.3 Å². The molecule has 1 atom stereocenters. The van der Waals surface area contributed by atoms with Crippen molar-refractivity contribution in [1.29, 1.82) is 0 Å². The Hall–Kier alpha value is -2.28. The minimum Gasteiger partial charge on any atom is -0.378 e. The normalized spacial score (nSPS) is 17.9. The lowest BCUT2D eigenvalue weighted by molar-refractivity contribution is -0.125. The van der Waals surface area contributed by atoms with E-state index >= 15 is 0 Å². The molecule has 1 aliphatic heterocycles. The number of carbonyl (C=O) groups is 1. The summed E-state index contributed by atoms with van der Waals surface area (Å²) in [7, 11) is 3.98. The van der Waals surface area contributed by atoms with Crippen LogP contribution in [0.2, 0.25) is 10.0 Å². The summed E-state index contributed by atoms with van der Waals surface area (Å²) in [5.41, 5.74) is 2.99. The van der Waals surface area contributed by atoms with Gasteiger partial charge in [0.25, 0.3) is 0 Å². The van der Waals surface area contributed by atoms with Crippen LogP contribution in [0.1, 0.15) is 11.1 Å². The summed E-state index contributed by atoms with van der Waals surface area (Å²) in [6, 6.07) is 13.4. The van der Waals surface area contributed by atoms with Crippen molar-refractivity contribution in [2.24, 2.45) is 10.2 Å². The van der Waals surface area contributed by atoms with Gasteiger partial charge >= 0.3 is 0 Å². The summed E-state index contributed by atoms with van der Waals surface area (Å²) in [6.45, 7) is 4.13. The van der Waals surface area contributed by atoms with Crippen LogP contribution in [-0.2, 0) is 11.2 Å². The van der Waals surface area contributed by atoms with E-state index in [4.69, 9.17) is 23.2 Å². The van der Waals surface area contributed by atoms with Crippen molar-refractivity contribution < 1.29 is 4.79 Å². The Kier molecular flexibility index (Phi) is 7.58. The number of nitrogens with zero attached hydrogens (tertiary/aromatic N) is 4. The Morgan fingerprint density at radius 1 is 1.17 bits per heavy atom. The highest BCUT2D eigenvalue weighted by Gasteiger charge is 2.37. The van der Waals surface area contributed by atoms with Crippen molar-refractivity contribution in [3.63, 3.8) is 0 Å². The SMILES string of the molecule is C=CCN1C(=O)[C@@H](Cc2ccc(Cl)c(Cl)c2)S/C1=N\N=C/c1ccc(N(C)C)cc1. The van der Waals surface area contributed by atoms with E-state index in [9.17, 15) is 4.79 Å². The van der Waals surface area contributed by atoms with E-state index in [1.165, 1.54) is 11.8 Å². The molecule has 0 aliphatic carbocycles. The van der Waals surface area contributed by atoms with Gasteiger partial charge in [-0.25, -0.2) is 0 Å². The molecule has 5 nitrogen and oxygen atoms in total. The maximum atomic E-state index is 12.9. The van der Waals surface area contributed by atoms with Gasteiger partial charge in [-0.15, -0.1) is 11.7 Å². The third-order valence-corrected chi connectivity index (χ3v) is 6.40. The Bertz CT molecular complexity index is 989. The predicted molar refractivity (Wildman–Crippen MR) is 129 cm³/mol. The Balaban J connectivity index is 1.74. The number of amidine groups is 1. The van der Waals surface area contributed by atoms with Gasteiger partial charge in [0.15, 0.2) is 5.17 Å². The molecule has 0 aromatic heterocycles. The van der Waals surface area contributed by atoms with E-state index < -0.39 is 0 Å². The van der Waals surface area contributed by atoms with Crippen molar-refractivity contribution in [3.8, 4) is 0 Å². The van der Waals surface area contributed by atoms with Crippen molar-refractivity contribution in [1.82, 2.24) is 4.90 Å². The third-order valence-electron chi connectivity index (χ3n) is 4.50. The van der Waals surface area contributed by atoms with E-state index in [0.717, 1.165) is 16.8 Å². The second-order valence-corrected chi connectivity index (χ2v) is 8.89. The number of benzene rings is 2. The van der Waals surface area contributed by atoms with E-state index in [0.29, 0.717) is 28.2 Å². The summed E-state index contributed by atoms with van der Waals surface area (Å²) >= 11 is 13.5. The van der Waals surface area contributed by atoms with Gasteiger partial charge in [0, 0.05) is 26.3 Å². The van der Waals surface area contributed by atoms with Gasteiger partial charge in [0.05, 0.1) is 21.5 Å². The van der Waals surface area contributed by atoms with Crippen LogP contribution in [0.3, 0.4) is 0 Å². The first-order valence-corrected chi connectivity index (χ1v) is 10.9. The van der Waals surface area contributed by atoms with Gasteiger partial charge in [0.2, 0.25) is 5.91 Å². The number of hydrogen-bond acceptors (Lipinski definition) is 5. The van der Waals surface area contributed by atoms with Gasteiger partial charge in [-0.2, -0.15) is 5.10 Å². The molecule has 0 unspecified atom stereocenters. The molecule has 2 aromatic rings. The maximum absolute atomic E-state index is 12.9. The number of thioether (sulfide) groups is 1. The summed E-state index contributed by atoms with van der Waals surface area (Å²) in [5.74, 6) is -0.0183. The minimum absolute atomic E-state index is 0.0183. The van der Waals surface area contributed by atoms with Gasteiger partial charge in [-0.1, -0.05) is 59.2 Å². The van der Waals surface area contributed by atoms with Gasteiger partial charge < -0.3 is 4.90 Å². The minimum atomic E-state index is -0.296. The molecule has 1 saturated heterocycles. The van der Waals surface area contributed by atoms with Crippen LogP contribution in [0.25, 0.3) is 0 Å². The number of carbonyl (C=O) groups excluding carboxylic acids is 1. The van der Waals surface area contributed by atoms with Gasteiger partial charge in [-0.05, 0) is 41.8 Å². The van der Waals surface area contributed by atoms with Crippen LogP contribution < -0.4 is 4.90 Å². The Morgan fingerprint density at radius 2 is 1.90 bits per heavy atom. The molecule has 1 heterocycles. The molecule has 1 aliphatic rings. The standard InChI is InChI=1S/C22H22Cl2N4OS/c1-4-11-28-21(29)20(13-16-7-10-18(23)19(24)12-16)30-22(28)26-25-14-15-5-8-17(9-6-15)27(2)3/h4-10,12,14,20H,1,11,13H2,2-3H3/b25-14-,26-22-/t20-/m1/s1. The lowest BCUT2D eigenvalue weighted by atomic mass is 10.1. The molecule has 30 heavy (non-hydrogen) atoms. The predicted octanol–water partition coefficient (Wildman–Crippen LogP) is 5.12. The Morgan fingerprint density at radius 3 is 2.53 bits per heavy atom. The van der Waals surface area contributed by atoms with E-state index in [-0.39, 0.29) is 11.2 Å². The molecule has 0 radical (unpaired) electrons. The van der Waals surface area contributed by atoms with Crippen LogP contribution in [0.4, 0.5) is 5.69 Å². The fourth-order valence-corrected chi connectivity index (χ4v) is 4.36. The zero-order valence-corrected chi connectivity index (χ0v) is 19.1. The second kappa shape index (κ2) is 10.2. The summed E-state index contributed by atoms with van der Waals surface area (Å²) in [4.78, 5) is 16.5. The molecular weight excluding hydrogens is 439 g/mol. The molecule has 3 rings (SSSR count). The molecular formula is C22H22Cl2N4OS. The molecule has 0 spiro atoms. The fourth-order valence-electron chi connectivity index (χ4n) is 2.90. The van der Waals surface area contributed by atoms with Crippen LogP contribution >= 0.6 is 35.0 Å². The van der Waals surface area contributed by atoms with Gasteiger partial charge in [0.1, 0.15) is 0 Å². The van der Waals surface area contributed by atoms with Crippen LogP contribution in [0.5, 0.6) is 0 Å². The van der Waals surface area contributed by atoms with Crippen molar-refractivity contribution in [2.45, 2.75) is 11.7 Å². The first kappa shape index (κ1) is 22.4. The maximum Gasteiger partial charge on any atom is 0.242 e. The molecule has 1 amide bonds. The van der Waals surface area contributed by atoms with E-state index in [2.05, 4.69) is 16.8 Å². The quantitative estimate of drug-likeness (QED) is 0.327. The summed E-state index contributed by atoms with van der Waals surface area (Å²) < 4.78 is 0. The fraction of sp³-hybridized carbons (Fsp3) is 0.227. The van der Waals surface area contributed by atoms with Crippen LogP contribution in [0.15, 0.2) is 65.3 Å². The third kappa shape index (κ3) is 5.45. The highest BCUT2D eigenvalue weighted by atomic mass is 35.5. The average molecular weight is 461 g/mol. The smallest absolute Gasteiger partial charge is 0.242 e. The highest BCUT2D eigenvalue weighted by molar-refractivity contribution is 8.15. The zero-order chi connectivity index (χ0) is 21.7. The number of halogens is 2. The number of anilines is 1. The highest BCUT2D eigenvalue weighted by Crippen LogP contribution is 2.31. The number of rotatable bonds is 7. The molecule has 0 N–H and O–H groups in total. The Labute approximate surface area is 191 Å². The van der Waals surface area contributed by atoms with Crippen LogP contribution in [0, 0.1) is 0 Å². The van der Waals surface area contributed by atoms with Crippen molar-refractivity contribution in [2.75, 3.05) is 25.5 Å². The number of hydrogen-bond donors (Lipinski definition) is 0. The van der Waals surface area contributed by atoms with Crippen LogP contribution in [-0.4, -0.2) is 48.1 Å². The zero-order valence-electron chi connectivity index (χ0n) is 16.8. The molecule has 0 saturated carbocycles. The summed E-state index contributed by atoms with van der Waals surface area (Å²) in [5, 5.41) is 9.73. The second-order valence-electron chi connectivity index (χ2n) is 6.91. The summed E-state index contributed by atoms with van der Waals surface area (Å²) in [6.07, 6.45) is 3.89. The van der Waals surface area contributed by atoms with E-state index in [1.54, 1.807) is 29.3 Å². The molecule has 2 aromatic carbocycles. The monoisotopic (exact) mass is 460 g/mol. The average Bonchev–Trinajstić information content (AvgIpc) is 3.00. The molecule has 1 fully saturated rings. The first-order valence-electron chi connectivity index (χ1n) is 9.30. The molecule has 8 heteroatoms.